The molecule has 0 saturated carbocycles. The van der Waals surface area contributed by atoms with Gasteiger partial charge in [-0.25, -0.2) is 4.79 Å². The Morgan fingerprint density at radius 2 is 1.82 bits per heavy atom. The van der Waals surface area contributed by atoms with Gasteiger partial charge in [0, 0.05) is 21.8 Å². The molecular formula is C26H29ClN4O3. The van der Waals surface area contributed by atoms with E-state index in [0.29, 0.717) is 22.3 Å². The maximum Gasteiger partial charge on any atom is 0.409 e. The second-order valence-electron chi connectivity index (χ2n) is 9.29. The van der Waals surface area contributed by atoms with Gasteiger partial charge in [0.05, 0.1) is 24.6 Å². The van der Waals surface area contributed by atoms with Gasteiger partial charge in [0.1, 0.15) is 11.4 Å². The van der Waals surface area contributed by atoms with Crippen molar-refractivity contribution in [2.24, 2.45) is 9.98 Å². The van der Waals surface area contributed by atoms with Gasteiger partial charge in [0.2, 0.25) is 0 Å². The van der Waals surface area contributed by atoms with Crippen molar-refractivity contribution < 1.29 is 14.3 Å². The van der Waals surface area contributed by atoms with Gasteiger partial charge in [-0.1, -0.05) is 23.7 Å². The number of alkyl carbamates (subject to hydrolysis) is 1. The first-order valence-electron chi connectivity index (χ1n) is 11.1. The molecule has 0 bridgehead atoms. The number of ether oxygens (including phenoxy) is 2. The van der Waals surface area contributed by atoms with Crippen molar-refractivity contribution in [2.75, 3.05) is 12.0 Å². The average Bonchev–Trinajstić information content (AvgIpc) is 2.88. The summed E-state index contributed by atoms with van der Waals surface area (Å²) < 4.78 is 11.1. The molecule has 2 aliphatic rings. The molecule has 2 heterocycles. The molecule has 1 N–H and O–H groups in total. The molecule has 2 aliphatic heterocycles. The largest absolute Gasteiger partial charge is 0.497 e. The second kappa shape index (κ2) is 9.14. The summed E-state index contributed by atoms with van der Waals surface area (Å²) in [5.74, 6) is 1.32. The van der Waals surface area contributed by atoms with Crippen LogP contribution in [-0.2, 0) is 4.74 Å². The third-order valence-corrected chi connectivity index (χ3v) is 5.63. The van der Waals surface area contributed by atoms with E-state index in [1.165, 1.54) is 0 Å². The predicted molar refractivity (Wildman–Crippen MR) is 136 cm³/mol. The molecule has 0 radical (unpaired) electrons. The van der Waals surface area contributed by atoms with Crippen molar-refractivity contribution in [3.63, 3.8) is 0 Å². The number of hydrogen-bond donors (Lipinski definition) is 1. The fourth-order valence-corrected chi connectivity index (χ4v) is 4.18. The van der Waals surface area contributed by atoms with E-state index in [1.54, 1.807) is 7.11 Å². The number of methoxy groups -OCH3 is 1. The molecule has 178 valence electrons. The van der Waals surface area contributed by atoms with Crippen LogP contribution in [0.3, 0.4) is 0 Å². The number of carbonyl (C=O) groups excluding carboxylic acids is 1. The zero-order valence-corrected chi connectivity index (χ0v) is 21.0. The number of hydrogen-bond acceptors (Lipinski definition) is 6. The Bertz CT molecular complexity index is 1200. The van der Waals surface area contributed by atoms with Crippen molar-refractivity contribution in [2.45, 2.75) is 52.4 Å². The van der Waals surface area contributed by atoms with E-state index >= 15 is 0 Å². The third kappa shape index (κ3) is 4.94. The zero-order chi connectivity index (χ0) is 24.6. The number of rotatable bonds is 3. The highest BCUT2D eigenvalue weighted by Gasteiger charge is 2.35. The molecule has 0 saturated heterocycles. The molecule has 2 unspecified atom stereocenters. The molecule has 2 aromatic rings. The van der Waals surface area contributed by atoms with Crippen LogP contribution in [0.4, 0.5) is 10.5 Å². The van der Waals surface area contributed by atoms with Crippen LogP contribution in [0.5, 0.6) is 5.75 Å². The van der Waals surface area contributed by atoms with Crippen molar-refractivity contribution in [3.05, 3.63) is 70.4 Å². The fraction of sp³-hybridized carbons (Fsp3) is 0.346. The number of nitrogens with zero attached hydrogens (tertiary/aromatic N) is 3. The van der Waals surface area contributed by atoms with Gasteiger partial charge in [-0.05, 0) is 71.0 Å². The first-order valence-corrected chi connectivity index (χ1v) is 11.5. The van der Waals surface area contributed by atoms with E-state index in [9.17, 15) is 4.79 Å². The second-order valence-corrected chi connectivity index (χ2v) is 9.72. The van der Waals surface area contributed by atoms with E-state index in [1.807, 2.05) is 82.0 Å². The smallest absolute Gasteiger partial charge is 0.409 e. The molecule has 34 heavy (non-hydrogen) atoms. The lowest BCUT2D eigenvalue weighted by atomic mass is 9.99. The highest BCUT2D eigenvalue weighted by Crippen LogP contribution is 2.35. The van der Waals surface area contributed by atoms with Crippen molar-refractivity contribution in [1.82, 2.24) is 5.32 Å². The summed E-state index contributed by atoms with van der Waals surface area (Å²) in [6.45, 7) is 9.50. The van der Waals surface area contributed by atoms with Crippen LogP contribution < -0.4 is 15.0 Å². The van der Waals surface area contributed by atoms with Crippen LogP contribution in [0.15, 0.2) is 64.2 Å². The van der Waals surface area contributed by atoms with Gasteiger partial charge < -0.3 is 9.47 Å². The minimum Gasteiger partial charge on any atom is -0.497 e. The Morgan fingerprint density at radius 1 is 1.12 bits per heavy atom. The number of benzene rings is 2. The molecule has 2 atom stereocenters. The number of fused-ring (bicyclic) bond motifs is 3. The summed E-state index contributed by atoms with van der Waals surface area (Å²) >= 11 is 6.16. The average molecular weight is 481 g/mol. The maximum absolute atomic E-state index is 12.8. The van der Waals surface area contributed by atoms with Gasteiger partial charge in [-0.15, -0.1) is 0 Å². The molecule has 2 aromatic carbocycles. The summed E-state index contributed by atoms with van der Waals surface area (Å²) in [5, 5.41) is 3.55. The normalized spacial score (nSPS) is 19.6. The van der Waals surface area contributed by atoms with Crippen LogP contribution in [0.2, 0.25) is 5.02 Å². The van der Waals surface area contributed by atoms with Gasteiger partial charge in [0.25, 0.3) is 0 Å². The molecule has 0 fully saturated rings. The van der Waals surface area contributed by atoms with Gasteiger partial charge in [0.15, 0.2) is 12.0 Å². The number of anilines is 1. The van der Waals surface area contributed by atoms with Crippen LogP contribution >= 0.6 is 11.6 Å². The van der Waals surface area contributed by atoms with E-state index in [-0.39, 0.29) is 6.04 Å². The van der Waals surface area contributed by atoms with Crippen LogP contribution in [0, 0.1) is 0 Å². The number of amidine groups is 1. The van der Waals surface area contributed by atoms with Crippen molar-refractivity contribution in [1.29, 1.82) is 0 Å². The lowest BCUT2D eigenvalue weighted by Crippen LogP contribution is -2.49. The van der Waals surface area contributed by atoms with Gasteiger partial charge >= 0.3 is 6.09 Å². The van der Waals surface area contributed by atoms with Crippen LogP contribution in [-0.4, -0.2) is 42.6 Å². The minimum absolute atomic E-state index is 0.0665. The molecule has 0 aromatic heterocycles. The predicted octanol–water partition coefficient (Wildman–Crippen LogP) is 5.56. The van der Waals surface area contributed by atoms with E-state index in [0.717, 1.165) is 22.5 Å². The summed E-state index contributed by atoms with van der Waals surface area (Å²) in [6.07, 6.45) is 0.739. The Morgan fingerprint density at radius 3 is 2.47 bits per heavy atom. The molecule has 0 spiro atoms. The summed E-state index contributed by atoms with van der Waals surface area (Å²) in [7, 11) is 1.63. The molecule has 8 heteroatoms. The summed E-state index contributed by atoms with van der Waals surface area (Å²) in [4.78, 5) is 24.7. The minimum atomic E-state index is -0.773. The van der Waals surface area contributed by atoms with Crippen LogP contribution in [0.1, 0.15) is 45.7 Å². The lowest BCUT2D eigenvalue weighted by Gasteiger charge is -2.33. The fourth-order valence-electron chi connectivity index (χ4n) is 4.05. The number of allylic oxidation sites excluding steroid dienone is 1. The quantitative estimate of drug-likeness (QED) is 0.623. The SMILES string of the molecule is COc1ccc2c(c1)C(c1ccc(Cl)cc1)=NC(NC(=O)OC(C)(C)C)C1=NC(C)C=C(C)N12. The third-order valence-electron chi connectivity index (χ3n) is 5.37. The van der Waals surface area contributed by atoms with Gasteiger partial charge in [-0.3, -0.25) is 20.2 Å². The topological polar surface area (TPSA) is 75.5 Å². The zero-order valence-electron chi connectivity index (χ0n) is 20.2. The van der Waals surface area contributed by atoms with Gasteiger partial charge in [-0.2, -0.15) is 0 Å². The number of halogens is 1. The Labute approximate surface area is 205 Å². The highest BCUT2D eigenvalue weighted by molar-refractivity contribution is 6.31. The molecule has 1 amide bonds. The number of aliphatic imine (C=N–C) groups is 2. The summed E-state index contributed by atoms with van der Waals surface area (Å²) in [6, 6.07) is 13.2. The van der Waals surface area contributed by atoms with E-state index in [4.69, 9.17) is 31.1 Å². The monoisotopic (exact) mass is 480 g/mol. The summed E-state index contributed by atoms with van der Waals surface area (Å²) in [5.41, 5.74) is 3.62. The number of amides is 1. The Hall–Kier alpha value is -3.32. The lowest BCUT2D eigenvalue weighted by molar-refractivity contribution is 0.0519. The number of carbonyl (C=O) groups is 1. The van der Waals surface area contributed by atoms with Crippen molar-refractivity contribution >= 4 is 34.9 Å². The molecule has 7 nitrogen and oxygen atoms in total. The van der Waals surface area contributed by atoms with E-state index in [2.05, 4.69) is 11.4 Å². The first kappa shape index (κ1) is 23.8. The highest BCUT2D eigenvalue weighted by atomic mass is 35.5. The number of nitrogens with one attached hydrogen (secondary N) is 1. The van der Waals surface area contributed by atoms with E-state index < -0.39 is 17.9 Å². The molecule has 0 aliphatic carbocycles. The van der Waals surface area contributed by atoms with Crippen molar-refractivity contribution in [3.8, 4) is 5.75 Å². The first-order chi connectivity index (χ1) is 16.1. The molecular weight excluding hydrogens is 452 g/mol. The maximum atomic E-state index is 12.8. The standard InChI is InChI=1S/C26H29ClN4O3/c1-15-13-16(2)31-21-12-11-19(33-6)14-20(21)22(17-7-9-18(27)10-8-17)29-23(24(31)28-15)30-25(32)34-26(3,4)5/h7-15,23H,1-6H3,(H,30,32). The molecule has 4 rings (SSSR count). The Balaban J connectivity index is 1.93. The Kier molecular flexibility index (Phi) is 6.41. The van der Waals surface area contributed by atoms with Crippen LogP contribution in [0.25, 0.3) is 0 Å².